The lowest BCUT2D eigenvalue weighted by Crippen LogP contribution is -2.52. The van der Waals surface area contributed by atoms with Crippen molar-refractivity contribution in [1.29, 1.82) is 0 Å². The Morgan fingerprint density at radius 3 is 2.43 bits per heavy atom. The van der Waals surface area contributed by atoms with E-state index in [-0.39, 0.29) is 30.1 Å². The Bertz CT molecular complexity index is 679. The Kier molecular flexibility index (Phi) is 7.87. The molecule has 1 amide bonds. The number of nitrogens with zero attached hydrogens (tertiary/aromatic N) is 1. The van der Waals surface area contributed by atoms with Gasteiger partial charge in [-0.05, 0) is 57.8 Å². The zero-order valence-electron chi connectivity index (χ0n) is 17.8. The van der Waals surface area contributed by atoms with Gasteiger partial charge in [-0.2, -0.15) is 0 Å². The number of hydrogen-bond acceptors (Lipinski definition) is 5. The summed E-state index contributed by atoms with van der Waals surface area (Å²) in [6, 6.07) is 5.08. The summed E-state index contributed by atoms with van der Waals surface area (Å²) in [4.78, 5) is 27.4. The fraction of sp³-hybridized carbons (Fsp3) is 0.636. The van der Waals surface area contributed by atoms with Crippen LogP contribution in [0.3, 0.4) is 0 Å². The van der Waals surface area contributed by atoms with Crippen LogP contribution in [0.15, 0.2) is 18.2 Å². The summed E-state index contributed by atoms with van der Waals surface area (Å²) in [7, 11) is 3.08. The highest BCUT2D eigenvalue weighted by molar-refractivity contribution is 6.00. The van der Waals surface area contributed by atoms with E-state index in [2.05, 4.69) is 17.1 Å². The van der Waals surface area contributed by atoms with Crippen molar-refractivity contribution in [3.63, 3.8) is 0 Å². The van der Waals surface area contributed by atoms with E-state index in [1.165, 1.54) is 20.0 Å². The van der Waals surface area contributed by atoms with Gasteiger partial charge in [0, 0.05) is 31.0 Å². The molecule has 1 aromatic carbocycles. The van der Waals surface area contributed by atoms with Gasteiger partial charge in [-0.3, -0.25) is 9.59 Å². The largest absolute Gasteiger partial charge is 0.497 e. The van der Waals surface area contributed by atoms with Crippen molar-refractivity contribution in [2.75, 3.05) is 33.9 Å². The first-order chi connectivity index (χ1) is 13.2. The van der Waals surface area contributed by atoms with Gasteiger partial charge in [0.25, 0.3) is 0 Å². The van der Waals surface area contributed by atoms with Crippen LogP contribution in [0, 0.1) is 5.92 Å². The van der Waals surface area contributed by atoms with Crippen LogP contribution < -0.4 is 14.8 Å². The fourth-order valence-electron chi connectivity index (χ4n) is 3.65. The number of amides is 1. The molecule has 1 aromatic rings. The van der Waals surface area contributed by atoms with Gasteiger partial charge in [0.1, 0.15) is 11.5 Å². The second-order valence-corrected chi connectivity index (χ2v) is 8.38. The average molecular weight is 391 g/mol. The molecule has 1 aliphatic heterocycles. The third-order valence-corrected chi connectivity index (χ3v) is 5.26. The Morgan fingerprint density at radius 2 is 1.82 bits per heavy atom. The predicted octanol–water partition coefficient (Wildman–Crippen LogP) is 3.29. The molecule has 2 rings (SSSR count). The molecule has 1 aliphatic rings. The van der Waals surface area contributed by atoms with Gasteiger partial charge in [-0.15, -0.1) is 0 Å². The summed E-state index contributed by atoms with van der Waals surface area (Å²) in [5, 5.41) is 3.08. The first-order valence-electron chi connectivity index (χ1n) is 10.0. The standard InChI is InChI=1S/C22H34N2O4/c1-16-10-12-24(13-11-16)15-22(2,3)23-21(26)9-8-19(25)18-7-6-17(27-4)14-20(18)28-5/h6-7,14,16H,8-13,15H2,1-5H3,(H,23,26). The van der Waals surface area contributed by atoms with Crippen LogP contribution in [-0.2, 0) is 4.79 Å². The molecule has 6 heteroatoms. The van der Waals surface area contributed by atoms with Crippen LogP contribution in [-0.4, -0.2) is 56.0 Å². The number of likely N-dealkylation sites (tertiary alicyclic amines) is 1. The zero-order valence-corrected chi connectivity index (χ0v) is 17.8. The molecule has 156 valence electrons. The lowest BCUT2D eigenvalue weighted by atomic mass is 9.96. The molecule has 1 heterocycles. The summed E-state index contributed by atoms with van der Waals surface area (Å²) in [6.07, 6.45) is 2.73. The normalized spacial score (nSPS) is 15.9. The van der Waals surface area contributed by atoms with E-state index < -0.39 is 0 Å². The quantitative estimate of drug-likeness (QED) is 0.656. The second-order valence-electron chi connectivity index (χ2n) is 8.38. The third kappa shape index (κ3) is 6.51. The molecule has 0 aromatic heterocycles. The Morgan fingerprint density at radius 1 is 1.14 bits per heavy atom. The van der Waals surface area contributed by atoms with Crippen molar-refractivity contribution >= 4 is 11.7 Å². The third-order valence-electron chi connectivity index (χ3n) is 5.26. The van der Waals surface area contributed by atoms with Crippen molar-refractivity contribution in [1.82, 2.24) is 10.2 Å². The first-order valence-corrected chi connectivity index (χ1v) is 10.0. The minimum atomic E-state index is -0.321. The molecule has 0 saturated carbocycles. The van der Waals surface area contributed by atoms with Crippen molar-refractivity contribution in [2.24, 2.45) is 5.92 Å². The lowest BCUT2D eigenvalue weighted by molar-refractivity contribution is -0.122. The molecule has 1 fully saturated rings. The number of nitrogens with one attached hydrogen (secondary N) is 1. The van der Waals surface area contributed by atoms with Gasteiger partial charge in [0.15, 0.2) is 5.78 Å². The number of benzene rings is 1. The topological polar surface area (TPSA) is 67.9 Å². The molecule has 1 saturated heterocycles. The molecule has 28 heavy (non-hydrogen) atoms. The summed E-state index contributed by atoms with van der Waals surface area (Å²) in [6.45, 7) is 9.35. The summed E-state index contributed by atoms with van der Waals surface area (Å²) in [5.41, 5.74) is 0.149. The molecule has 0 aliphatic carbocycles. The van der Waals surface area contributed by atoms with Gasteiger partial charge < -0.3 is 19.7 Å². The Balaban J connectivity index is 1.85. The minimum Gasteiger partial charge on any atom is -0.497 e. The Labute approximate surface area is 168 Å². The van der Waals surface area contributed by atoms with E-state index in [1.54, 1.807) is 25.3 Å². The molecule has 0 atom stereocenters. The molecule has 1 N–H and O–H groups in total. The van der Waals surface area contributed by atoms with E-state index in [4.69, 9.17) is 9.47 Å². The van der Waals surface area contributed by atoms with E-state index in [9.17, 15) is 9.59 Å². The molecule has 0 radical (unpaired) electrons. The van der Waals surface area contributed by atoms with Gasteiger partial charge >= 0.3 is 0 Å². The average Bonchev–Trinajstić information content (AvgIpc) is 2.66. The number of rotatable bonds is 9. The highest BCUT2D eigenvalue weighted by atomic mass is 16.5. The Hall–Kier alpha value is -2.08. The fourth-order valence-corrected chi connectivity index (χ4v) is 3.65. The van der Waals surface area contributed by atoms with Gasteiger partial charge in [-0.1, -0.05) is 6.92 Å². The number of ether oxygens (including phenoxy) is 2. The van der Waals surface area contributed by atoms with E-state index in [1.807, 2.05) is 13.8 Å². The molecular formula is C22H34N2O4. The zero-order chi connectivity index (χ0) is 20.7. The SMILES string of the molecule is COc1ccc(C(=O)CCC(=O)NC(C)(C)CN2CCC(C)CC2)c(OC)c1. The number of ketones is 1. The van der Waals surface area contributed by atoms with Crippen LogP contribution in [0.25, 0.3) is 0 Å². The number of methoxy groups -OCH3 is 2. The van der Waals surface area contributed by atoms with Crippen molar-refractivity contribution in [3.05, 3.63) is 23.8 Å². The summed E-state index contributed by atoms with van der Waals surface area (Å²) < 4.78 is 10.4. The molecule has 0 unspecified atom stereocenters. The van der Waals surface area contributed by atoms with Crippen LogP contribution >= 0.6 is 0 Å². The minimum absolute atomic E-state index is 0.101. The second kappa shape index (κ2) is 9.92. The molecule has 6 nitrogen and oxygen atoms in total. The maximum atomic E-state index is 12.5. The monoisotopic (exact) mass is 390 g/mol. The van der Waals surface area contributed by atoms with Gasteiger partial charge in [0.2, 0.25) is 5.91 Å². The molecule has 0 spiro atoms. The maximum absolute atomic E-state index is 12.5. The van der Waals surface area contributed by atoms with Crippen molar-refractivity contribution in [3.8, 4) is 11.5 Å². The van der Waals surface area contributed by atoms with E-state index in [0.29, 0.717) is 17.1 Å². The lowest BCUT2D eigenvalue weighted by Gasteiger charge is -2.37. The maximum Gasteiger partial charge on any atom is 0.220 e. The number of carbonyl (C=O) groups excluding carboxylic acids is 2. The first kappa shape index (κ1) is 22.2. The van der Waals surface area contributed by atoms with Crippen molar-refractivity contribution in [2.45, 2.75) is 52.0 Å². The smallest absolute Gasteiger partial charge is 0.220 e. The summed E-state index contributed by atoms with van der Waals surface area (Å²) in [5.74, 6) is 1.66. The van der Waals surface area contributed by atoms with E-state index in [0.717, 1.165) is 25.6 Å². The van der Waals surface area contributed by atoms with Crippen LogP contribution in [0.1, 0.15) is 56.8 Å². The van der Waals surface area contributed by atoms with E-state index >= 15 is 0 Å². The number of Topliss-reactive ketones (excluding diaryl/α,β-unsaturated/α-hetero) is 1. The van der Waals surface area contributed by atoms with Crippen LogP contribution in [0.5, 0.6) is 11.5 Å². The van der Waals surface area contributed by atoms with Crippen LogP contribution in [0.2, 0.25) is 0 Å². The molecule has 0 bridgehead atoms. The van der Waals surface area contributed by atoms with Crippen molar-refractivity contribution < 1.29 is 19.1 Å². The number of carbonyl (C=O) groups is 2. The highest BCUT2D eigenvalue weighted by Crippen LogP contribution is 2.26. The number of piperidine rings is 1. The number of hydrogen-bond donors (Lipinski definition) is 1. The predicted molar refractivity (Wildman–Crippen MR) is 110 cm³/mol. The van der Waals surface area contributed by atoms with Crippen LogP contribution in [0.4, 0.5) is 0 Å². The van der Waals surface area contributed by atoms with Gasteiger partial charge in [0.05, 0.1) is 19.8 Å². The van der Waals surface area contributed by atoms with Gasteiger partial charge in [-0.25, -0.2) is 0 Å². The summed E-state index contributed by atoms with van der Waals surface area (Å²) >= 11 is 0. The highest BCUT2D eigenvalue weighted by Gasteiger charge is 2.26. The molecular weight excluding hydrogens is 356 g/mol.